The molecule has 1 saturated heterocycles. The Labute approximate surface area is 172 Å². The minimum absolute atomic E-state index is 0.134. The molecule has 1 unspecified atom stereocenters. The fourth-order valence-electron chi connectivity index (χ4n) is 3.50. The Hall–Kier alpha value is -2.67. The second-order valence-corrected chi connectivity index (χ2v) is 7.75. The molecular weight excluding hydrogens is 397 g/mol. The van der Waals surface area contributed by atoms with E-state index in [0.717, 1.165) is 0 Å². The van der Waals surface area contributed by atoms with Crippen LogP contribution in [0.25, 0.3) is 0 Å². The SMILES string of the molecule is C[C@H](N)C(=O)N[C@@H](C)C(=O)N1CC(OC2C[B-](O)(O)Oc3c(C(=O)O)cccc32)C1. The van der Waals surface area contributed by atoms with Crippen LogP contribution in [0.15, 0.2) is 18.2 Å². The second kappa shape index (κ2) is 8.22. The number of carbonyl (C=O) groups is 3. The predicted molar refractivity (Wildman–Crippen MR) is 104 cm³/mol. The van der Waals surface area contributed by atoms with Crippen LogP contribution in [0.2, 0.25) is 6.32 Å². The number of carboxylic acids is 1. The maximum absolute atomic E-state index is 12.4. The Kier molecular flexibility index (Phi) is 6.04. The summed E-state index contributed by atoms with van der Waals surface area (Å²) in [6.45, 7) is 0.292. The zero-order chi connectivity index (χ0) is 22.2. The molecule has 0 radical (unpaired) electrons. The van der Waals surface area contributed by atoms with E-state index in [2.05, 4.69) is 5.32 Å². The largest absolute Gasteiger partial charge is 0.669 e. The summed E-state index contributed by atoms with van der Waals surface area (Å²) in [5.41, 5.74) is 5.69. The van der Waals surface area contributed by atoms with Crippen molar-refractivity contribution in [2.75, 3.05) is 13.1 Å². The highest BCUT2D eigenvalue weighted by molar-refractivity contribution is 6.59. The standard InChI is InChI=1S/C18H25BN3O8/c1-9(20)16(23)21-10(2)17(24)22-7-11(8-22)29-14-6-19(27,28)30-15-12(14)4-3-5-13(15)18(25)26/h3-5,9-11,14,27-28H,6-8,20H2,1-2H3,(H,21,23)(H,25,26)/q-1/t9-,10-,14?/m0/s1. The first-order chi connectivity index (χ1) is 14.0. The fourth-order valence-corrected chi connectivity index (χ4v) is 3.50. The van der Waals surface area contributed by atoms with Gasteiger partial charge in [0.25, 0.3) is 0 Å². The van der Waals surface area contributed by atoms with Crippen LogP contribution >= 0.6 is 0 Å². The molecule has 0 saturated carbocycles. The van der Waals surface area contributed by atoms with Crippen LogP contribution in [-0.2, 0) is 14.3 Å². The monoisotopic (exact) mass is 422 g/mol. The topological polar surface area (TPSA) is 172 Å². The van der Waals surface area contributed by atoms with Crippen molar-refractivity contribution >= 4 is 24.5 Å². The number of aromatic carboxylic acids is 1. The number of nitrogens with two attached hydrogens (primary N) is 1. The molecule has 3 atom stereocenters. The van der Waals surface area contributed by atoms with Gasteiger partial charge in [-0.15, -0.1) is 0 Å². The number of benzene rings is 1. The van der Waals surface area contributed by atoms with Gasteiger partial charge in [-0.25, -0.2) is 4.79 Å². The molecular formula is C18H25BN3O8-. The Morgan fingerprint density at radius 2 is 1.97 bits per heavy atom. The Bertz CT molecular complexity index is 856. The molecule has 1 aromatic carbocycles. The highest BCUT2D eigenvalue weighted by atomic mass is 16.6. The molecule has 2 aliphatic rings. The van der Waals surface area contributed by atoms with Gasteiger partial charge in [-0.3, -0.25) is 9.59 Å². The zero-order valence-corrected chi connectivity index (χ0v) is 16.6. The highest BCUT2D eigenvalue weighted by Gasteiger charge is 2.41. The number of carboxylic acid groups (broad SMARTS) is 1. The molecule has 11 nitrogen and oxygen atoms in total. The van der Waals surface area contributed by atoms with Crippen molar-refractivity contribution in [2.45, 2.75) is 44.5 Å². The molecule has 1 aromatic rings. The van der Waals surface area contributed by atoms with E-state index in [-0.39, 0.29) is 42.7 Å². The van der Waals surface area contributed by atoms with Crippen LogP contribution < -0.4 is 15.7 Å². The van der Waals surface area contributed by atoms with Crippen LogP contribution in [0, 0.1) is 0 Å². The average molecular weight is 422 g/mol. The number of nitrogens with zero attached hydrogens (tertiary/aromatic N) is 1. The van der Waals surface area contributed by atoms with Gasteiger partial charge in [0.05, 0.1) is 29.6 Å². The molecule has 2 heterocycles. The summed E-state index contributed by atoms with van der Waals surface area (Å²) < 4.78 is 11.0. The lowest BCUT2D eigenvalue weighted by Crippen LogP contribution is -2.60. The molecule has 2 amide bonds. The van der Waals surface area contributed by atoms with Gasteiger partial charge >= 0.3 is 12.7 Å². The van der Waals surface area contributed by atoms with E-state index in [9.17, 15) is 29.5 Å². The van der Waals surface area contributed by atoms with Crippen LogP contribution in [0.1, 0.15) is 35.9 Å². The molecule has 6 N–H and O–H groups in total. The van der Waals surface area contributed by atoms with Gasteiger partial charge in [0.15, 0.2) is 0 Å². The number of amides is 2. The lowest BCUT2D eigenvalue weighted by Gasteiger charge is -2.46. The first kappa shape index (κ1) is 22.0. The van der Waals surface area contributed by atoms with E-state index in [0.29, 0.717) is 5.56 Å². The number of ether oxygens (including phenoxy) is 1. The Morgan fingerprint density at radius 1 is 1.30 bits per heavy atom. The van der Waals surface area contributed by atoms with Crippen molar-refractivity contribution < 1.29 is 38.9 Å². The van der Waals surface area contributed by atoms with Crippen LogP contribution in [0.5, 0.6) is 5.75 Å². The van der Waals surface area contributed by atoms with E-state index < -0.39 is 36.8 Å². The third kappa shape index (κ3) is 4.56. The predicted octanol–water partition coefficient (Wildman–Crippen LogP) is -1.18. The molecule has 2 aliphatic heterocycles. The number of carbonyl (C=O) groups excluding carboxylic acids is 2. The highest BCUT2D eigenvalue weighted by Crippen LogP contribution is 2.42. The van der Waals surface area contributed by atoms with Crippen molar-refractivity contribution in [3.05, 3.63) is 29.3 Å². The summed E-state index contributed by atoms with van der Waals surface area (Å²) in [6, 6.07) is 2.96. The summed E-state index contributed by atoms with van der Waals surface area (Å²) in [5.74, 6) is -2.11. The third-order valence-corrected chi connectivity index (χ3v) is 5.11. The van der Waals surface area contributed by atoms with Gasteiger partial charge < -0.3 is 40.5 Å². The summed E-state index contributed by atoms with van der Waals surface area (Å²) in [4.78, 5) is 37.0. The molecule has 0 aliphatic carbocycles. The van der Waals surface area contributed by atoms with Crippen molar-refractivity contribution in [1.82, 2.24) is 10.2 Å². The van der Waals surface area contributed by atoms with Gasteiger partial charge in [0, 0.05) is 18.7 Å². The van der Waals surface area contributed by atoms with Crippen molar-refractivity contribution in [1.29, 1.82) is 0 Å². The maximum atomic E-state index is 12.4. The number of nitrogens with one attached hydrogen (secondary N) is 1. The van der Waals surface area contributed by atoms with Gasteiger partial charge in [0.2, 0.25) is 11.8 Å². The minimum atomic E-state index is -3.29. The Balaban J connectivity index is 1.64. The third-order valence-electron chi connectivity index (χ3n) is 5.11. The van der Waals surface area contributed by atoms with Crippen molar-refractivity contribution in [3.8, 4) is 5.75 Å². The molecule has 0 bridgehead atoms. The number of likely N-dealkylation sites (tertiary alicyclic amines) is 1. The number of para-hydroxylation sites is 1. The quantitative estimate of drug-likeness (QED) is 0.354. The van der Waals surface area contributed by atoms with Gasteiger partial charge in [-0.05, 0) is 19.9 Å². The molecule has 0 spiro atoms. The molecule has 0 aromatic heterocycles. The molecule has 12 heteroatoms. The van der Waals surface area contributed by atoms with E-state index in [1.54, 1.807) is 13.0 Å². The number of rotatable bonds is 6. The minimum Gasteiger partial charge on any atom is -0.669 e. The smallest absolute Gasteiger partial charge is 0.433 e. The normalized spacial score (nSPS) is 22.2. The molecule has 30 heavy (non-hydrogen) atoms. The Morgan fingerprint density at radius 3 is 2.57 bits per heavy atom. The van der Waals surface area contributed by atoms with Crippen molar-refractivity contribution in [2.24, 2.45) is 5.73 Å². The lowest BCUT2D eigenvalue weighted by molar-refractivity contribution is -0.152. The first-order valence-electron chi connectivity index (χ1n) is 9.64. The van der Waals surface area contributed by atoms with E-state index in [1.165, 1.54) is 24.0 Å². The first-order valence-corrected chi connectivity index (χ1v) is 9.64. The molecule has 3 rings (SSSR count). The van der Waals surface area contributed by atoms with Gasteiger partial charge in [-0.2, -0.15) is 0 Å². The summed E-state index contributed by atoms with van der Waals surface area (Å²) >= 11 is 0. The lowest BCUT2D eigenvalue weighted by atomic mass is 9.68. The fraction of sp³-hybridized carbons (Fsp3) is 0.500. The number of hydrogen-bond donors (Lipinski definition) is 5. The van der Waals surface area contributed by atoms with Crippen LogP contribution in [-0.4, -0.2) is 75.9 Å². The van der Waals surface area contributed by atoms with E-state index in [1.807, 2.05) is 0 Å². The average Bonchev–Trinajstić information content (AvgIpc) is 2.61. The second-order valence-electron chi connectivity index (χ2n) is 7.75. The molecule has 164 valence electrons. The van der Waals surface area contributed by atoms with Crippen LogP contribution in [0.3, 0.4) is 0 Å². The van der Waals surface area contributed by atoms with Crippen LogP contribution in [0.4, 0.5) is 0 Å². The van der Waals surface area contributed by atoms with Gasteiger partial charge in [-0.1, -0.05) is 18.5 Å². The summed E-state index contributed by atoms with van der Waals surface area (Å²) in [5, 5.41) is 32.0. The van der Waals surface area contributed by atoms with E-state index in [4.69, 9.17) is 15.1 Å². The molecule has 1 fully saturated rings. The summed E-state index contributed by atoms with van der Waals surface area (Å²) in [7, 11) is 0. The number of fused-ring (bicyclic) bond motifs is 1. The zero-order valence-electron chi connectivity index (χ0n) is 16.6. The summed E-state index contributed by atoms with van der Waals surface area (Å²) in [6.07, 6.45) is -1.46. The number of hydrogen-bond acceptors (Lipinski definition) is 8. The van der Waals surface area contributed by atoms with Gasteiger partial charge in [0.1, 0.15) is 6.04 Å². The van der Waals surface area contributed by atoms with E-state index >= 15 is 0 Å². The van der Waals surface area contributed by atoms with Crippen molar-refractivity contribution in [3.63, 3.8) is 0 Å². The maximum Gasteiger partial charge on any atom is 0.433 e.